The molecule has 2 aromatic heterocycles. The zero-order valence-corrected chi connectivity index (χ0v) is 12.8. The standard InChI is InChI=1S/C14H21N5S/c1-9-3-5-19(10(2)7-9)8-12-16-13(18-15)11-4-6-20-14(11)17-12/h4,6,9-10H,3,5,7-8,15H2,1-2H3,(H,16,17,18). The smallest absolute Gasteiger partial charge is 0.152 e. The van der Waals surface area contributed by atoms with Gasteiger partial charge in [-0.3, -0.25) is 4.90 Å². The zero-order chi connectivity index (χ0) is 14.1. The van der Waals surface area contributed by atoms with Crippen LogP contribution in [0.1, 0.15) is 32.5 Å². The summed E-state index contributed by atoms with van der Waals surface area (Å²) in [5, 5.41) is 3.02. The Kier molecular flexibility index (Phi) is 3.87. The number of anilines is 1. The van der Waals surface area contributed by atoms with Gasteiger partial charge in [-0.15, -0.1) is 11.3 Å². The van der Waals surface area contributed by atoms with Gasteiger partial charge < -0.3 is 5.43 Å². The van der Waals surface area contributed by atoms with E-state index in [1.165, 1.54) is 12.8 Å². The second-order valence-electron chi connectivity index (χ2n) is 5.72. The Morgan fingerprint density at radius 2 is 2.30 bits per heavy atom. The van der Waals surface area contributed by atoms with E-state index in [4.69, 9.17) is 5.84 Å². The molecular formula is C14H21N5S. The van der Waals surface area contributed by atoms with Gasteiger partial charge in [-0.05, 0) is 43.7 Å². The molecule has 0 amide bonds. The van der Waals surface area contributed by atoms with Gasteiger partial charge in [0.15, 0.2) is 5.82 Å². The summed E-state index contributed by atoms with van der Waals surface area (Å²) in [4.78, 5) is 12.7. The number of hydrogen-bond acceptors (Lipinski definition) is 6. The van der Waals surface area contributed by atoms with Crippen LogP contribution in [0.2, 0.25) is 0 Å². The zero-order valence-electron chi connectivity index (χ0n) is 12.0. The van der Waals surface area contributed by atoms with Crippen LogP contribution >= 0.6 is 11.3 Å². The lowest BCUT2D eigenvalue weighted by Gasteiger charge is -2.35. The summed E-state index contributed by atoms with van der Waals surface area (Å²) in [6.07, 6.45) is 2.51. The quantitative estimate of drug-likeness (QED) is 0.672. The summed E-state index contributed by atoms with van der Waals surface area (Å²) < 4.78 is 0. The lowest BCUT2D eigenvalue weighted by molar-refractivity contribution is 0.119. The number of rotatable bonds is 3. The molecule has 1 saturated heterocycles. The Hall–Kier alpha value is -1.24. The van der Waals surface area contributed by atoms with E-state index in [0.29, 0.717) is 6.04 Å². The average molecular weight is 291 g/mol. The highest BCUT2D eigenvalue weighted by Crippen LogP contribution is 2.27. The van der Waals surface area contributed by atoms with Crippen LogP contribution in [0.4, 0.5) is 5.82 Å². The van der Waals surface area contributed by atoms with Gasteiger partial charge in [-0.25, -0.2) is 15.8 Å². The van der Waals surface area contributed by atoms with E-state index in [1.54, 1.807) is 11.3 Å². The average Bonchev–Trinajstić information content (AvgIpc) is 2.89. The number of fused-ring (bicyclic) bond motifs is 1. The molecule has 3 rings (SSSR count). The molecule has 1 aliphatic rings. The van der Waals surface area contributed by atoms with Gasteiger partial charge in [0.2, 0.25) is 0 Å². The van der Waals surface area contributed by atoms with Crippen molar-refractivity contribution in [2.45, 2.75) is 39.3 Å². The van der Waals surface area contributed by atoms with Crippen LogP contribution in [0.3, 0.4) is 0 Å². The first-order chi connectivity index (χ1) is 9.67. The number of hydrogen-bond donors (Lipinski definition) is 2. The van der Waals surface area contributed by atoms with Crippen molar-refractivity contribution in [3.05, 3.63) is 17.3 Å². The fourth-order valence-electron chi connectivity index (χ4n) is 2.95. The minimum absolute atomic E-state index is 0.593. The Balaban J connectivity index is 1.83. The molecule has 0 aliphatic carbocycles. The van der Waals surface area contributed by atoms with Crippen molar-refractivity contribution in [3.8, 4) is 0 Å². The fraction of sp³-hybridized carbons (Fsp3) is 0.571. The van der Waals surface area contributed by atoms with Crippen LogP contribution in [0, 0.1) is 5.92 Å². The minimum Gasteiger partial charge on any atom is -0.308 e. The molecule has 1 fully saturated rings. The maximum absolute atomic E-state index is 5.57. The second-order valence-corrected chi connectivity index (χ2v) is 6.62. The molecule has 3 heterocycles. The maximum Gasteiger partial charge on any atom is 0.152 e. The molecule has 2 atom stereocenters. The number of nitrogens with zero attached hydrogens (tertiary/aromatic N) is 3. The summed E-state index contributed by atoms with van der Waals surface area (Å²) in [6.45, 7) is 6.55. The minimum atomic E-state index is 0.593. The van der Waals surface area contributed by atoms with Gasteiger partial charge in [0, 0.05) is 6.04 Å². The van der Waals surface area contributed by atoms with Gasteiger partial charge in [0.1, 0.15) is 10.7 Å². The highest BCUT2D eigenvalue weighted by atomic mass is 32.1. The van der Waals surface area contributed by atoms with Crippen LogP contribution in [0.25, 0.3) is 10.2 Å². The number of thiophene rings is 1. The molecule has 6 heteroatoms. The van der Waals surface area contributed by atoms with E-state index in [-0.39, 0.29) is 0 Å². The third kappa shape index (κ3) is 2.63. The molecule has 0 aromatic carbocycles. The number of hydrazine groups is 1. The Labute approximate surface area is 123 Å². The summed E-state index contributed by atoms with van der Waals surface area (Å²) in [7, 11) is 0. The maximum atomic E-state index is 5.57. The molecule has 5 nitrogen and oxygen atoms in total. The first-order valence-corrected chi connectivity index (χ1v) is 8.00. The number of likely N-dealkylation sites (tertiary alicyclic amines) is 1. The van der Waals surface area contributed by atoms with Crippen molar-refractivity contribution in [1.29, 1.82) is 0 Å². The first kappa shape index (κ1) is 13.7. The van der Waals surface area contributed by atoms with Crippen molar-refractivity contribution < 1.29 is 0 Å². The van der Waals surface area contributed by atoms with Crippen LogP contribution in [-0.2, 0) is 6.54 Å². The van der Waals surface area contributed by atoms with Crippen LogP contribution < -0.4 is 11.3 Å². The summed E-state index contributed by atoms with van der Waals surface area (Å²) in [6, 6.07) is 2.60. The van der Waals surface area contributed by atoms with E-state index >= 15 is 0 Å². The first-order valence-electron chi connectivity index (χ1n) is 7.12. The second kappa shape index (κ2) is 5.63. The topological polar surface area (TPSA) is 67.1 Å². The summed E-state index contributed by atoms with van der Waals surface area (Å²) in [5.74, 6) is 7.98. The third-order valence-corrected chi connectivity index (χ3v) is 4.94. The van der Waals surface area contributed by atoms with E-state index < -0.39 is 0 Å². The molecule has 1 aliphatic heterocycles. The van der Waals surface area contributed by atoms with Gasteiger partial charge >= 0.3 is 0 Å². The molecule has 20 heavy (non-hydrogen) atoms. The van der Waals surface area contributed by atoms with E-state index in [9.17, 15) is 0 Å². The van der Waals surface area contributed by atoms with Crippen molar-refractivity contribution in [2.24, 2.45) is 11.8 Å². The molecule has 0 radical (unpaired) electrons. The van der Waals surface area contributed by atoms with Gasteiger partial charge in [0.05, 0.1) is 11.9 Å². The molecule has 2 aromatic rings. The van der Waals surface area contributed by atoms with E-state index in [2.05, 4.69) is 34.1 Å². The lowest BCUT2D eigenvalue weighted by Crippen LogP contribution is -2.40. The predicted octanol–water partition coefficient (Wildman–Crippen LogP) is 2.60. The van der Waals surface area contributed by atoms with Crippen molar-refractivity contribution in [3.63, 3.8) is 0 Å². The number of nitrogens with one attached hydrogen (secondary N) is 1. The van der Waals surface area contributed by atoms with Crippen LogP contribution in [0.5, 0.6) is 0 Å². The molecule has 0 bridgehead atoms. The van der Waals surface area contributed by atoms with E-state index in [0.717, 1.165) is 40.9 Å². The normalized spacial score (nSPS) is 24.1. The fourth-order valence-corrected chi connectivity index (χ4v) is 3.74. The summed E-state index contributed by atoms with van der Waals surface area (Å²) in [5.41, 5.74) is 2.69. The molecule has 0 spiro atoms. The van der Waals surface area contributed by atoms with Crippen LogP contribution in [-0.4, -0.2) is 27.5 Å². The molecular weight excluding hydrogens is 270 g/mol. The molecule has 3 N–H and O–H groups in total. The van der Waals surface area contributed by atoms with Gasteiger partial charge in [0.25, 0.3) is 0 Å². The number of piperidine rings is 1. The van der Waals surface area contributed by atoms with Crippen molar-refractivity contribution in [1.82, 2.24) is 14.9 Å². The molecule has 2 unspecified atom stereocenters. The monoisotopic (exact) mass is 291 g/mol. The largest absolute Gasteiger partial charge is 0.308 e. The van der Waals surface area contributed by atoms with E-state index in [1.807, 2.05) is 11.4 Å². The Bertz CT molecular complexity index is 596. The van der Waals surface area contributed by atoms with Crippen LogP contribution in [0.15, 0.2) is 11.4 Å². The predicted molar refractivity (Wildman–Crippen MR) is 83.5 cm³/mol. The molecule has 108 valence electrons. The highest BCUT2D eigenvalue weighted by Gasteiger charge is 2.23. The molecule has 0 saturated carbocycles. The third-order valence-electron chi connectivity index (χ3n) is 4.13. The van der Waals surface area contributed by atoms with Gasteiger partial charge in [-0.2, -0.15) is 0 Å². The Morgan fingerprint density at radius 1 is 1.45 bits per heavy atom. The lowest BCUT2D eigenvalue weighted by atomic mass is 9.93. The Morgan fingerprint density at radius 3 is 3.05 bits per heavy atom. The van der Waals surface area contributed by atoms with Crippen molar-refractivity contribution >= 4 is 27.4 Å². The highest BCUT2D eigenvalue weighted by molar-refractivity contribution is 7.16. The number of nitrogen functional groups attached to an aromatic ring is 1. The number of nitrogens with two attached hydrogens (primary N) is 1. The van der Waals surface area contributed by atoms with Gasteiger partial charge in [-0.1, -0.05) is 6.92 Å². The summed E-state index contributed by atoms with van der Waals surface area (Å²) >= 11 is 1.63. The SMILES string of the molecule is CC1CCN(Cc2nc(NN)c3ccsc3n2)C(C)C1. The van der Waals surface area contributed by atoms with Crippen molar-refractivity contribution in [2.75, 3.05) is 12.0 Å². The number of aromatic nitrogens is 2.